The fourth-order valence-corrected chi connectivity index (χ4v) is 1.19. The molecule has 0 saturated heterocycles. The Labute approximate surface area is 76.9 Å². The zero-order valence-electron chi connectivity index (χ0n) is 7.80. The molecule has 1 atom stereocenters. The molecular weight excluding hydrogens is 178 g/mol. The van der Waals surface area contributed by atoms with Crippen molar-refractivity contribution in [3.05, 3.63) is 0 Å². The Morgan fingerprint density at radius 3 is 2.23 bits per heavy atom. The minimum Gasteiger partial charge on any atom is -0.481 e. The van der Waals surface area contributed by atoms with Gasteiger partial charge in [0.1, 0.15) is 0 Å². The number of rotatable bonds is 7. The third kappa shape index (κ3) is 6.49. The largest absolute Gasteiger partial charge is 0.481 e. The molecule has 13 heavy (non-hydrogen) atoms. The maximum atomic E-state index is 11.7. The van der Waals surface area contributed by atoms with Gasteiger partial charge in [-0.2, -0.15) is 0 Å². The number of alkyl halides is 2. The van der Waals surface area contributed by atoms with Gasteiger partial charge >= 0.3 is 5.97 Å². The molecule has 0 fully saturated rings. The Bertz CT molecular complexity index is 149. The predicted molar refractivity (Wildman–Crippen MR) is 45.9 cm³/mol. The van der Waals surface area contributed by atoms with E-state index in [4.69, 9.17) is 5.11 Å². The Morgan fingerprint density at radius 2 is 1.85 bits per heavy atom. The van der Waals surface area contributed by atoms with E-state index in [9.17, 15) is 13.6 Å². The van der Waals surface area contributed by atoms with Gasteiger partial charge in [0, 0.05) is 6.42 Å². The lowest BCUT2D eigenvalue weighted by Gasteiger charge is -2.08. The van der Waals surface area contributed by atoms with Crippen LogP contribution >= 0.6 is 0 Å². The summed E-state index contributed by atoms with van der Waals surface area (Å²) in [6, 6.07) is 0. The summed E-state index contributed by atoms with van der Waals surface area (Å²) in [6.07, 6.45) is -0.292. The van der Waals surface area contributed by atoms with Crippen LogP contribution in [0.5, 0.6) is 0 Å². The Morgan fingerprint density at radius 1 is 1.31 bits per heavy atom. The molecule has 2 nitrogen and oxygen atoms in total. The van der Waals surface area contributed by atoms with E-state index in [0.29, 0.717) is 25.7 Å². The van der Waals surface area contributed by atoms with Crippen LogP contribution in [0, 0.1) is 5.92 Å². The summed E-state index contributed by atoms with van der Waals surface area (Å²) in [6.45, 7) is 1.80. The third-order valence-electron chi connectivity index (χ3n) is 2.07. The van der Waals surface area contributed by atoms with E-state index in [1.54, 1.807) is 6.92 Å². The SMILES string of the molecule is CC[C@@H](CCCCC(F)F)C(=O)O. The van der Waals surface area contributed by atoms with Gasteiger partial charge in [0.25, 0.3) is 0 Å². The standard InChI is InChI=1S/C9H16F2O2/c1-2-7(9(12)13)5-3-4-6-8(10)11/h7-8H,2-6H2,1H3,(H,12,13)/t7-/m0/s1. The monoisotopic (exact) mass is 194 g/mol. The zero-order chi connectivity index (χ0) is 10.3. The number of carboxylic acids is 1. The van der Waals surface area contributed by atoms with E-state index in [1.807, 2.05) is 0 Å². The molecule has 0 aromatic carbocycles. The van der Waals surface area contributed by atoms with Gasteiger partial charge < -0.3 is 5.11 Å². The maximum absolute atomic E-state index is 11.7. The molecule has 0 radical (unpaired) electrons. The molecule has 0 aliphatic carbocycles. The number of carbonyl (C=O) groups is 1. The average Bonchev–Trinajstić information content (AvgIpc) is 2.03. The first-order valence-corrected chi connectivity index (χ1v) is 4.58. The molecule has 0 amide bonds. The summed E-state index contributed by atoms with van der Waals surface area (Å²) < 4.78 is 23.4. The summed E-state index contributed by atoms with van der Waals surface area (Å²) in [4.78, 5) is 10.5. The van der Waals surface area contributed by atoms with E-state index >= 15 is 0 Å². The normalized spacial score (nSPS) is 13.2. The highest BCUT2D eigenvalue weighted by Gasteiger charge is 2.14. The number of unbranched alkanes of at least 4 members (excludes halogenated alkanes) is 1. The van der Waals surface area contributed by atoms with Crippen LogP contribution < -0.4 is 0 Å². The molecule has 0 spiro atoms. The first kappa shape index (κ1) is 12.3. The summed E-state index contributed by atoms with van der Waals surface area (Å²) >= 11 is 0. The summed E-state index contributed by atoms with van der Waals surface area (Å²) in [7, 11) is 0. The van der Waals surface area contributed by atoms with Gasteiger partial charge in [0.2, 0.25) is 6.43 Å². The van der Waals surface area contributed by atoms with Crippen molar-refractivity contribution >= 4 is 5.97 Å². The van der Waals surface area contributed by atoms with Gasteiger partial charge in [-0.3, -0.25) is 4.79 Å². The summed E-state index contributed by atoms with van der Waals surface area (Å²) in [5.74, 6) is -1.18. The van der Waals surface area contributed by atoms with Crippen LogP contribution in [-0.4, -0.2) is 17.5 Å². The van der Waals surface area contributed by atoms with Crippen molar-refractivity contribution in [2.45, 2.75) is 45.5 Å². The Hall–Kier alpha value is -0.670. The van der Waals surface area contributed by atoms with Gasteiger partial charge in [0.15, 0.2) is 0 Å². The van der Waals surface area contributed by atoms with Gasteiger partial charge in [0.05, 0.1) is 5.92 Å². The predicted octanol–water partition coefficient (Wildman–Crippen LogP) is 2.92. The minimum atomic E-state index is -2.26. The van der Waals surface area contributed by atoms with E-state index in [1.165, 1.54) is 0 Å². The second-order valence-corrected chi connectivity index (χ2v) is 3.12. The molecule has 0 aliphatic heterocycles. The number of halogens is 2. The number of aliphatic carboxylic acids is 1. The highest BCUT2D eigenvalue weighted by molar-refractivity contribution is 5.69. The van der Waals surface area contributed by atoms with E-state index in [0.717, 1.165) is 0 Å². The van der Waals surface area contributed by atoms with Crippen molar-refractivity contribution in [2.24, 2.45) is 5.92 Å². The zero-order valence-corrected chi connectivity index (χ0v) is 7.80. The van der Waals surface area contributed by atoms with Crippen molar-refractivity contribution in [3.63, 3.8) is 0 Å². The fourth-order valence-electron chi connectivity index (χ4n) is 1.19. The first-order valence-electron chi connectivity index (χ1n) is 4.58. The van der Waals surface area contributed by atoms with Crippen molar-refractivity contribution in [2.75, 3.05) is 0 Å². The van der Waals surface area contributed by atoms with Crippen molar-refractivity contribution in [1.82, 2.24) is 0 Å². The first-order chi connectivity index (χ1) is 6.07. The molecule has 0 heterocycles. The Balaban J connectivity index is 3.44. The van der Waals surface area contributed by atoms with Crippen LogP contribution in [0.1, 0.15) is 39.0 Å². The fraction of sp³-hybridized carbons (Fsp3) is 0.889. The number of hydrogen-bond donors (Lipinski definition) is 1. The summed E-state index contributed by atoms with van der Waals surface area (Å²) in [5, 5.41) is 8.63. The molecule has 0 saturated carbocycles. The number of carboxylic acid groups (broad SMARTS) is 1. The third-order valence-corrected chi connectivity index (χ3v) is 2.07. The van der Waals surface area contributed by atoms with Gasteiger partial charge in [-0.1, -0.05) is 13.3 Å². The molecule has 0 rings (SSSR count). The van der Waals surface area contributed by atoms with Crippen LogP contribution in [0.25, 0.3) is 0 Å². The number of hydrogen-bond acceptors (Lipinski definition) is 1. The van der Waals surface area contributed by atoms with Crippen LogP contribution in [-0.2, 0) is 4.79 Å². The van der Waals surface area contributed by atoms with Crippen LogP contribution in [0.2, 0.25) is 0 Å². The molecule has 78 valence electrons. The minimum absolute atomic E-state index is 0.115. The lowest BCUT2D eigenvalue weighted by Crippen LogP contribution is -2.12. The molecule has 0 aromatic heterocycles. The highest BCUT2D eigenvalue weighted by atomic mass is 19.3. The van der Waals surface area contributed by atoms with Crippen molar-refractivity contribution < 1.29 is 18.7 Å². The van der Waals surface area contributed by atoms with Gasteiger partial charge in [-0.05, 0) is 19.3 Å². The molecular formula is C9H16F2O2. The molecule has 0 unspecified atom stereocenters. The van der Waals surface area contributed by atoms with E-state index in [-0.39, 0.29) is 12.3 Å². The van der Waals surface area contributed by atoms with Crippen LogP contribution in [0.4, 0.5) is 8.78 Å². The molecule has 1 N–H and O–H groups in total. The lowest BCUT2D eigenvalue weighted by molar-refractivity contribution is -0.142. The van der Waals surface area contributed by atoms with E-state index in [2.05, 4.69) is 0 Å². The second-order valence-electron chi connectivity index (χ2n) is 3.12. The van der Waals surface area contributed by atoms with Crippen LogP contribution in [0.3, 0.4) is 0 Å². The summed E-state index contributed by atoms with van der Waals surface area (Å²) in [5.41, 5.74) is 0. The Kier molecular flexibility index (Phi) is 6.45. The molecule has 0 aromatic rings. The van der Waals surface area contributed by atoms with E-state index < -0.39 is 12.4 Å². The highest BCUT2D eigenvalue weighted by Crippen LogP contribution is 2.15. The maximum Gasteiger partial charge on any atom is 0.306 e. The van der Waals surface area contributed by atoms with Crippen molar-refractivity contribution in [3.8, 4) is 0 Å². The van der Waals surface area contributed by atoms with Crippen LogP contribution in [0.15, 0.2) is 0 Å². The molecule has 4 heteroatoms. The van der Waals surface area contributed by atoms with Gasteiger partial charge in [-0.25, -0.2) is 8.78 Å². The second kappa shape index (κ2) is 6.80. The lowest BCUT2D eigenvalue weighted by atomic mass is 9.99. The topological polar surface area (TPSA) is 37.3 Å². The quantitative estimate of drug-likeness (QED) is 0.632. The van der Waals surface area contributed by atoms with Crippen molar-refractivity contribution in [1.29, 1.82) is 0 Å². The molecule has 0 aliphatic rings. The van der Waals surface area contributed by atoms with Gasteiger partial charge in [-0.15, -0.1) is 0 Å². The average molecular weight is 194 g/mol. The molecule has 0 bridgehead atoms. The smallest absolute Gasteiger partial charge is 0.306 e.